The van der Waals surface area contributed by atoms with Crippen LogP contribution in [0, 0.1) is 0 Å². The van der Waals surface area contributed by atoms with Gasteiger partial charge in [0.2, 0.25) is 0 Å². The molecule has 2 N–H and O–H groups in total. The van der Waals surface area contributed by atoms with Crippen molar-refractivity contribution < 1.29 is 14.3 Å². The van der Waals surface area contributed by atoms with E-state index in [-0.39, 0.29) is 12.5 Å². The van der Waals surface area contributed by atoms with Gasteiger partial charge in [0.25, 0.3) is 5.91 Å². The quantitative estimate of drug-likeness (QED) is 0.732. The van der Waals surface area contributed by atoms with Gasteiger partial charge in [-0.15, -0.1) is 0 Å². The predicted molar refractivity (Wildman–Crippen MR) is 99.5 cm³/mol. The number of hydrogen-bond donors (Lipinski definition) is 1. The third kappa shape index (κ3) is 3.74. The Morgan fingerprint density at radius 1 is 1.19 bits per heavy atom. The number of carbonyl (C=O) groups is 2. The summed E-state index contributed by atoms with van der Waals surface area (Å²) in [6.07, 6.45) is 5.06. The van der Waals surface area contributed by atoms with Gasteiger partial charge in [-0.25, -0.2) is 0 Å². The highest BCUT2D eigenvalue weighted by atomic mass is 16.6. The molecule has 0 spiro atoms. The first kappa shape index (κ1) is 17.7. The summed E-state index contributed by atoms with van der Waals surface area (Å²) < 4.78 is 7.06. The van der Waals surface area contributed by atoms with Crippen molar-refractivity contribution >= 4 is 22.8 Å². The van der Waals surface area contributed by atoms with Crippen LogP contribution in [0.1, 0.15) is 31.1 Å². The lowest BCUT2D eigenvalue weighted by Crippen LogP contribution is -2.26. The maximum Gasteiger partial charge on any atom is 0.326 e. The van der Waals surface area contributed by atoms with Crippen molar-refractivity contribution in [1.82, 2.24) is 9.55 Å². The van der Waals surface area contributed by atoms with Crippen LogP contribution in [0.4, 0.5) is 0 Å². The van der Waals surface area contributed by atoms with Crippen LogP contribution < -0.4 is 5.73 Å². The molecule has 1 aromatic carbocycles. The number of hydrogen-bond acceptors (Lipinski definition) is 4. The maximum atomic E-state index is 12.2. The first-order valence-electron chi connectivity index (χ1n) is 8.29. The minimum atomic E-state index is -0.569. The summed E-state index contributed by atoms with van der Waals surface area (Å²) in [6.45, 7) is 5.45. The van der Waals surface area contributed by atoms with E-state index < -0.39 is 11.5 Å². The third-order valence-electron chi connectivity index (χ3n) is 3.86. The number of aromatic nitrogens is 2. The lowest BCUT2D eigenvalue weighted by molar-refractivity contribution is -0.155. The second-order valence-electron chi connectivity index (χ2n) is 7.09. The van der Waals surface area contributed by atoms with E-state index in [1.54, 1.807) is 23.2 Å². The van der Waals surface area contributed by atoms with Crippen LogP contribution in [0.5, 0.6) is 0 Å². The van der Waals surface area contributed by atoms with Crippen LogP contribution in [-0.2, 0) is 16.1 Å². The summed E-state index contributed by atoms with van der Waals surface area (Å²) in [7, 11) is 0. The molecule has 1 amide bonds. The second kappa shape index (κ2) is 6.63. The molecule has 3 aromatic rings. The van der Waals surface area contributed by atoms with Gasteiger partial charge in [0.05, 0.1) is 5.56 Å². The Bertz CT molecular complexity index is 969. The smallest absolute Gasteiger partial charge is 0.326 e. The van der Waals surface area contributed by atoms with Crippen molar-refractivity contribution in [3.63, 3.8) is 0 Å². The largest absolute Gasteiger partial charge is 0.459 e. The number of rotatable bonds is 4. The molecule has 0 fully saturated rings. The molecule has 134 valence electrons. The molecule has 0 saturated carbocycles. The van der Waals surface area contributed by atoms with Gasteiger partial charge in [-0.05, 0) is 44.5 Å². The van der Waals surface area contributed by atoms with Crippen LogP contribution in [0.3, 0.4) is 0 Å². The van der Waals surface area contributed by atoms with Crippen molar-refractivity contribution in [1.29, 1.82) is 0 Å². The highest BCUT2D eigenvalue weighted by Crippen LogP contribution is 2.28. The maximum absolute atomic E-state index is 12.2. The molecule has 3 rings (SSSR count). The Morgan fingerprint density at radius 3 is 2.58 bits per heavy atom. The summed E-state index contributed by atoms with van der Waals surface area (Å²) >= 11 is 0. The normalized spacial score (nSPS) is 11.5. The summed E-state index contributed by atoms with van der Waals surface area (Å²) in [5.74, 6) is -0.914. The molecule has 0 aliphatic rings. The summed E-state index contributed by atoms with van der Waals surface area (Å²) in [6, 6.07) is 9.47. The molecule has 26 heavy (non-hydrogen) atoms. The van der Waals surface area contributed by atoms with E-state index in [1.165, 1.54) is 0 Å². The lowest BCUT2D eigenvalue weighted by atomic mass is 10.0. The van der Waals surface area contributed by atoms with E-state index in [2.05, 4.69) is 4.98 Å². The zero-order valence-corrected chi connectivity index (χ0v) is 15.0. The first-order chi connectivity index (χ1) is 12.2. The number of amides is 1. The Kier molecular flexibility index (Phi) is 4.50. The van der Waals surface area contributed by atoms with Gasteiger partial charge >= 0.3 is 5.97 Å². The van der Waals surface area contributed by atoms with E-state index in [9.17, 15) is 9.59 Å². The molecule has 0 aliphatic heterocycles. The number of ether oxygens (including phenoxy) is 1. The number of nitrogens with zero attached hydrogens (tertiary/aromatic N) is 2. The molecule has 2 aromatic heterocycles. The Morgan fingerprint density at radius 2 is 1.96 bits per heavy atom. The van der Waals surface area contributed by atoms with E-state index >= 15 is 0 Å². The fraction of sp³-hybridized carbons (Fsp3) is 0.250. The second-order valence-corrected chi connectivity index (χ2v) is 7.09. The minimum Gasteiger partial charge on any atom is -0.459 e. The number of primary amides is 1. The number of esters is 1. The van der Waals surface area contributed by atoms with Gasteiger partial charge in [0, 0.05) is 35.1 Å². The first-order valence-corrected chi connectivity index (χ1v) is 8.29. The molecular weight excluding hydrogens is 330 g/mol. The third-order valence-corrected chi connectivity index (χ3v) is 3.86. The van der Waals surface area contributed by atoms with Gasteiger partial charge in [0.1, 0.15) is 12.1 Å². The van der Waals surface area contributed by atoms with Crippen LogP contribution in [0.2, 0.25) is 0 Å². The SMILES string of the molecule is CC(C)(C)OC(=O)Cn1cc(C(N)=O)c2cc(-c3cccnc3)ccc21. The summed E-state index contributed by atoms with van der Waals surface area (Å²) in [4.78, 5) is 28.2. The van der Waals surface area contributed by atoms with Gasteiger partial charge in [-0.1, -0.05) is 12.1 Å². The van der Waals surface area contributed by atoms with Gasteiger partial charge < -0.3 is 15.0 Å². The van der Waals surface area contributed by atoms with E-state index in [4.69, 9.17) is 10.5 Å². The standard InChI is InChI=1S/C20H21N3O3/c1-20(2,3)26-18(24)12-23-11-16(19(21)25)15-9-13(6-7-17(15)23)14-5-4-8-22-10-14/h4-11H,12H2,1-3H3,(H2,21,25). The topological polar surface area (TPSA) is 87.2 Å². The zero-order chi connectivity index (χ0) is 18.9. The van der Waals surface area contributed by atoms with Crippen LogP contribution in [0.25, 0.3) is 22.0 Å². The minimum absolute atomic E-state index is 0.00723. The molecule has 0 atom stereocenters. The lowest BCUT2D eigenvalue weighted by Gasteiger charge is -2.19. The molecule has 0 saturated heterocycles. The van der Waals surface area contributed by atoms with Gasteiger partial charge in [-0.3, -0.25) is 14.6 Å². The summed E-state index contributed by atoms with van der Waals surface area (Å²) in [5, 5.41) is 0.697. The molecule has 0 radical (unpaired) electrons. The van der Waals surface area contributed by atoms with E-state index in [0.717, 1.165) is 16.6 Å². The average Bonchev–Trinajstić information content (AvgIpc) is 2.92. The van der Waals surface area contributed by atoms with Crippen LogP contribution >= 0.6 is 0 Å². The predicted octanol–water partition coefficient (Wildman–Crippen LogP) is 3.14. The number of benzene rings is 1. The highest BCUT2D eigenvalue weighted by molar-refractivity contribution is 6.07. The fourth-order valence-electron chi connectivity index (χ4n) is 2.85. The Hall–Kier alpha value is -3.15. The van der Waals surface area contributed by atoms with Crippen molar-refractivity contribution in [2.45, 2.75) is 32.9 Å². The van der Waals surface area contributed by atoms with E-state index in [0.29, 0.717) is 10.9 Å². The highest BCUT2D eigenvalue weighted by Gasteiger charge is 2.19. The van der Waals surface area contributed by atoms with Crippen molar-refractivity contribution in [3.05, 3.63) is 54.5 Å². The number of fused-ring (bicyclic) bond motifs is 1. The molecule has 2 heterocycles. The van der Waals surface area contributed by atoms with Crippen molar-refractivity contribution in [2.75, 3.05) is 0 Å². The molecule has 0 bridgehead atoms. The van der Waals surface area contributed by atoms with Gasteiger partial charge in [0.15, 0.2) is 0 Å². The number of pyridine rings is 1. The average molecular weight is 351 g/mol. The molecule has 0 aliphatic carbocycles. The number of carbonyl (C=O) groups excluding carboxylic acids is 2. The van der Waals surface area contributed by atoms with Crippen LogP contribution in [0.15, 0.2) is 48.9 Å². The zero-order valence-electron chi connectivity index (χ0n) is 15.0. The fourth-order valence-corrected chi connectivity index (χ4v) is 2.85. The monoisotopic (exact) mass is 351 g/mol. The molecular formula is C20H21N3O3. The Balaban J connectivity index is 2.03. The van der Waals surface area contributed by atoms with Crippen LogP contribution in [-0.4, -0.2) is 27.0 Å². The molecule has 6 nitrogen and oxygen atoms in total. The Labute approximate surface area is 151 Å². The van der Waals surface area contributed by atoms with E-state index in [1.807, 2.05) is 51.1 Å². The molecule has 6 heteroatoms. The number of nitrogens with two attached hydrogens (primary N) is 1. The molecule has 0 unspecified atom stereocenters. The van der Waals surface area contributed by atoms with Gasteiger partial charge in [-0.2, -0.15) is 0 Å². The summed E-state index contributed by atoms with van der Waals surface area (Å²) in [5.41, 5.74) is 7.94. The van der Waals surface area contributed by atoms with Crippen molar-refractivity contribution in [2.24, 2.45) is 5.73 Å². The van der Waals surface area contributed by atoms with Crippen molar-refractivity contribution in [3.8, 4) is 11.1 Å².